The van der Waals surface area contributed by atoms with Crippen LogP contribution in [0.1, 0.15) is 12.0 Å². The fraction of sp³-hybridized carbons (Fsp3) is 0.267. The lowest BCUT2D eigenvalue weighted by atomic mass is 10.0. The van der Waals surface area contributed by atoms with Gasteiger partial charge in [-0.25, -0.2) is 4.39 Å². The summed E-state index contributed by atoms with van der Waals surface area (Å²) in [6, 6.07) is 5.41. The number of aliphatic hydroxyl groups is 1. The van der Waals surface area contributed by atoms with Gasteiger partial charge in [0.05, 0.1) is 6.20 Å². The van der Waals surface area contributed by atoms with Crippen molar-refractivity contribution in [2.24, 2.45) is 0 Å². The van der Waals surface area contributed by atoms with E-state index in [-0.39, 0.29) is 24.5 Å². The van der Waals surface area contributed by atoms with Crippen LogP contribution in [-0.4, -0.2) is 39.3 Å². The number of aromatic amines is 1. The lowest BCUT2D eigenvalue weighted by molar-refractivity contribution is -0.149. The van der Waals surface area contributed by atoms with Gasteiger partial charge < -0.3 is 10.4 Å². The summed E-state index contributed by atoms with van der Waals surface area (Å²) < 4.78 is 13.3. The third-order valence-electron chi connectivity index (χ3n) is 3.82. The Morgan fingerprint density at radius 1 is 1.50 bits per heavy atom. The average Bonchev–Trinajstić information content (AvgIpc) is 3.14. The maximum atomic E-state index is 13.3. The van der Waals surface area contributed by atoms with E-state index in [9.17, 15) is 19.1 Å². The van der Waals surface area contributed by atoms with E-state index in [4.69, 9.17) is 11.6 Å². The summed E-state index contributed by atoms with van der Waals surface area (Å²) in [5.74, 6) is -1.70. The van der Waals surface area contributed by atoms with E-state index in [1.165, 1.54) is 23.2 Å². The summed E-state index contributed by atoms with van der Waals surface area (Å²) >= 11 is 5.75. The van der Waals surface area contributed by atoms with Gasteiger partial charge in [-0.2, -0.15) is 5.10 Å². The Morgan fingerprint density at radius 3 is 2.96 bits per heavy atom. The zero-order valence-electron chi connectivity index (χ0n) is 12.4. The molecule has 2 amide bonds. The largest absolute Gasteiger partial charge is 0.372 e. The molecule has 0 bridgehead atoms. The molecule has 1 aromatic carbocycles. The van der Waals surface area contributed by atoms with Crippen LogP contribution in [0.4, 0.5) is 10.2 Å². The monoisotopic (exact) mass is 352 g/mol. The zero-order chi connectivity index (χ0) is 17.3. The van der Waals surface area contributed by atoms with Crippen LogP contribution in [0.2, 0.25) is 5.02 Å². The smallest absolute Gasteiger partial charge is 0.270 e. The molecule has 1 fully saturated rings. The summed E-state index contributed by atoms with van der Waals surface area (Å²) in [6.45, 7) is 0.118. The predicted octanol–water partition coefficient (Wildman–Crippen LogP) is 0.986. The lowest BCUT2D eigenvalue weighted by Gasteiger charge is -2.20. The molecule has 0 aliphatic carbocycles. The molecule has 2 heterocycles. The van der Waals surface area contributed by atoms with Crippen molar-refractivity contribution in [2.45, 2.75) is 18.6 Å². The van der Waals surface area contributed by atoms with Gasteiger partial charge in [0.2, 0.25) is 5.60 Å². The van der Waals surface area contributed by atoms with Crippen molar-refractivity contribution in [3.8, 4) is 0 Å². The fourth-order valence-electron chi connectivity index (χ4n) is 2.59. The van der Waals surface area contributed by atoms with Crippen molar-refractivity contribution in [1.82, 2.24) is 15.5 Å². The Kier molecular flexibility index (Phi) is 4.25. The fourth-order valence-corrected chi connectivity index (χ4v) is 2.83. The molecule has 9 heteroatoms. The van der Waals surface area contributed by atoms with Crippen LogP contribution in [0.3, 0.4) is 0 Å². The number of carbonyl (C=O) groups excluding carboxylic acids is 2. The van der Waals surface area contributed by atoms with Gasteiger partial charge in [-0.05, 0) is 23.8 Å². The molecular weight excluding hydrogens is 339 g/mol. The molecule has 1 atom stereocenters. The highest BCUT2D eigenvalue weighted by atomic mass is 35.5. The number of carbonyl (C=O) groups is 2. The first-order valence-corrected chi connectivity index (χ1v) is 7.55. The van der Waals surface area contributed by atoms with E-state index in [2.05, 4.69) is 15.5 Å². The summed E-state index contributed by atoms with van der Waals surface area (Å²) in [5, 5.41) is 19.4. The first-order chi connectivity index (χ1) is 11.4. The number of rotatable bonds is 4. The number of hydrogen-bond donors (Lipinski definition) is 3. The standard InChI is InChI=1S/C15H14ClFN4O3/c16-10-5-9(6-11(17)7-10)8-18-13(22)15(24)2-4-21(14(15)23)12-1-3-19-20-12/h1,3,5-7,24H,2,4,8H2,(H,18,22)(H,19,20). The lowest BCUT2D eigenvalue weighted by Crippen LogP contribution is -2.52. The van der Waals surface area contributed by atoms with Crippen LogP contribution >= 0.6 is 11.6 Å². The quantitative estimate of drug-likeness (QED) is 0.714. The van der Waals surface area contributed by atoms with Gasteiger partial charge >= 0.3 is 0 Å². The van der Waals surface area contributed by atoms with Crippen LogP contribution < -0.4 is 10.2 Å². The van der Waals surface area contributed by atoms with Crippen LogP contribution in [-0.2, 0) is 16.1 Å². The van der Waals surface area contributed by atoms with E-state index in [1.54, 1.807) is 6.07 Å². The molecule has 1 aliphatic rings. The zero-order valence-corrected chi connectivity index (χ0v) is 13.2. The van der Waals surface area contributed by atoms with Gasteiger partial charge in [0.25, 0.3) is 11.8 Å². The van der Waals surface area contributed by atoms with Crippen molar-refractivity contribution in [3.05, 3.63) is 46.9 Å². The second-order valence-corrected chi connectivity index (χ2v) is 5.91. The number of amides is 2. The Labute approximate surface area is 141 Å². The molecule has 0 radical (unpaired) electrons. The minimum Gasteiger partial charge on any atom is -0.372 e. The number of anilines is 1. The first kappa shape index (κ1) is 16.4. The second-order valence-electron chi connectivity index (χ2n) is 5.47. The van der Waals surface area contributed by atoms with E-state index >= 15 is 0 Å². The summed E-state index contributed by atoms with van der Waals surface area (Å²) in [6.07, 6.45) is 1.41. The van der Waals surface area contributed by atoms with Gasteiger partial charge in [0, 0.05) is 30.6 Å². The Hall–Kier alpha value is -2.45. The maximum Gasteiger partial charge on any atom is 0.270 e. The Morgan fingerprint density at radius 2 is 2.29 bits per heavy atom. The number of nitrogens with one attached hydrogen (secondary N) is 2. The molecule has 24 heavy (non-hydrogen) atoms. The highest BCUT2D eigenvalue weighted by Gasteiger charge is 2.51. The van der Waals surface area contributed by atoms with Crippen molar-refractivity contribution in [3.63, 3.8) is 0 Å². The number of nitrogens with zero attached hydrogens (tertiary/aromatic N) is 2. The van der Waals surface area contributed by atoms with Crippen molar-refractivity contribution >= 4 is 29.2 Å². The molecule has 1 saturated heterocycles. The van der Waals surface area contributed by atoms with E-state index < -0.39 is 23.2 Å². The number of aromatic nitrogens is 2. The summed E-state index contributed by atoms with van der Waals surface area (Å²) in [7, 11) is 0. The van der Waals surface area contributed by atoms with Gasteiger partial charge in [-0.3, -0.25) is 19.6 Å². The number of halogens is 2. The number of H-pyrrole nitrogens is 1. The maximum absolute atomic E-state index is 13.3. The summed E-state index contributed by atoms with van der Waals surface area (Å²) in [5.41, 5.74) is -1.74. The van der Waals surface area contributed by atoms with E-state index in [0.717, 1.165) is 6.07 Å². The van der Waals surface area contributed by atoms with Crippen molar-refractivity contribution in [1.29, 1.82) is 0 Å². The predicted molar refractivity (Wildman–Crippen MR) is 83.8 cm³/mol. The topological polar surface area (TPSA) is 98.3 Å². The van der Waals surface area contributed by atoms with Gasteiger partial charge in [-0.1, -0.05) is 11.6 Å². The molecule has 1 aromatic heterocycles. The molecule has 2 aromatic rings. The molecule has 126 valence electrons. The minimum absolute atomic E-state index is 0.0550. The van der Waals surface area contributed by atoms with Crippen molar-refractivity contribution in [2.75, 3.05) is 11.4 Å². The first-order valence-electron chi connectivity index (χ1n) is 7.17. The number of hydrogen-bond acceptors (Lipinski definition) is 4. The van der Waals surface area contributed by atoms with E-state index in [0.29, 0.717) is 11.4 Å². The summed E-state index contributed by atoms with van der Waals surface area (Å²) in [4.78, 5) is 25.9. The normalized spacial score (nSPS) is 20.5. The Balaban J connectivity index is 1.69. The highest BCUT2D eigenvalue weighted by molar-refractivity contribution is 6.30. The SMILES string of the molecule is O=C(NCc1cc(F)cc(Cl)c1)C1(O)CCN(c2ccn[nH]2)C1=O. The highest BCUT2D eigenvalue weighted by Crippen LogP contribution is 2.27. The number of benzene rings is 1. The Bertz CT molecular complexity index is 763. The average molecular weight is 353 g/mol. The van der Waals surface area contributed by atoms with Crippen LogP contribution in [0, 0.1) is 5.82 Å². The van der Waals surface area contributed by atoms with Gasteiger partial charge in [0.15, 0.2) is 0 Å². The van der Waals surface area contributed by atoms with E-state index in [1.807, 2.05) is 0 Å². The molecule has 1 unspecified atom stereocenters. The molecule has 7 nitrogen and oxygen atoms in total. The van der Waals surface area contributed by atoms with Gasteiger partial charge in [-0.15, -0.1) is 0 Å². The third-order valence-corrected chi connectivity index (χ3v) is 4.04. The molecule has 0 saturated carbocycles. The van der Waals surface area contributed by atoms with Crippen LogP contribution in [0.25, 0.3) is 0 Å². The molecule has 1 aliphatic heterocycles. The van der Waals surface area contributed by atoms with Gasteiger partial charge in [0.1, 0.15) is 11.6 Å². The molecule has 0 spiro atoms. The third kappa shape index (κ3) is 2.98. The molecular formula is C15H14ClFN4O3. The van der Waals surface area contributed by atoms with Crippen LogP contribution in [0.5, 0.6) is 0 Å². The van der Waals surface area contributed by atoms with Crippen molar-refractivity contribution < 1.29 is 19.1 Å². The second kappa shape index (κ2) is 6.21. The minimum atomic E-state index is -2.16. The van der Waals surface area contributed by atoms with Crippen LogP contribution in [0.15, 0.2) is 30.5 Å². The molecule has 3 N–H and O–H groups in total. The molecule has 3 rings (SSSR count).